The van der Waals surface area contributed by atoms with Gasteiger partial charge >= 0.3 is 6.09 Å². The first-order valence-electron chi connectivity index (χ1n) is 9.91. The van der Waals surface area contributed by atoms with Gasteiger partial charge in [0.2, 0.25) is 0 Å². The number of nitrogens with one attached hydrogen (secondary N) is 2. The number of amides is 2. The van der Waals surface area contributed by atoms with E-state index in [2.05, 4.69) is 24.5 Å². The van der Waals surface area contributed by atoms with Gasteiger partial charge in [-0.2, -0.15) is 0 Å². The number of ether oxygens (including phenoxy) is 3. The standard InChI is InChI=1S/C23H30N2O5/c1-15(2)21-10-9-20(13-16(21)3)30-17(4)22(26)24-18-7-6-8-19(14-18)25-23(27)29-12-11-28-5/h6-10,13-15,17H,11-12H2,1-5H3,(H,24,26)(H,25,27). The third-order valence-corrected chi connectivity index (χ3v) is 4.44. The molecule has 162 valence electrons. The molecule has 2 rings (SSSR count). The van der Waals surface area contributed by atoms with Crippen LogP contribution in [0.4, 0.5) is 16.2 Å². The van der Waals surface area contributed by atoms with Crippen LogP contribution in [0.15, 0.2) is 42.5 Å². The average Bonchev–Trinajstić information content (AvgIpc) is 2.68. The van der Waals surface area contributed by atoms with E-state index >= 15 is 0 Å². The predicted molar refractivity (Wildman–Crippen MR) is 117 cm³/mol. The number of benzene rings is 2. The Morgan fingerprint density at radius 1 is 0.967 bits per heavy atom. The van der Waals surface area contributed by atoms with Crippen molar-refractivity contribution in [2.45, 2.75) is 39.7 Å². The summed E-state index contributed by atoms with van der Waals surface area (Å²) in [4.78, 5) is 24.3. The fraction of sp³-hybridized carbons (Fsp3) is 0.391. The quantitative estimate of drug-likeness (QED) is 0.580. The highest BCUT2D eigenvalue weighted by Gasteiger charge is 2.16. The second-order valence-corrected chi connectivity index (χ2v) is 7.26. The maximum absolute atomic E-state index is 12.5. The summed E-state index contributed by atoms with van der Waals surface area (Å²) in [6.45, 7) is 8.48. The molecule has 2 N–H and O–H groups in total. The largest absolute Gasteiger partial charge is 0.481 e. The van der Waals surface area contributed by atoms with E-state index in [1.165, 1.54) is 12.7 Å². The summed E-state index contributed by atoms with van der Waals surface area (Å²) < 4.78 is 15.6. The highest BCUT2D eigenvalue weighted by atomic mass is 16.6. The minimum absolute atomic E-state index is 0.158. The maximum Gasteiger partial charge on any atom is 0.411 e. The van der Waals surface area contributed by atoms with Crippen molar-refractivity contribution >= 4 is 23.4 Å². The van der Waals surface area contributed by atoms with E-state index in [0.29, 0.717) is 29.6 Å². The molecule has 0 aromatic heterocycles. The van der Waals surface area contributed by atoms with Crippen molar-refractivity contribution in [3.05, 3.63) is 53.6 Å². The predicted octanol–water partition coefficient (Wildman–Crippen LogP) is 4.72. The smallest absolute Gasteiger partial charge is 0.411 e. The first-order valence-corrected chi connectivity index (χ1v) is 9.91. The van der Waals surface area contributed by atoms with Crippen molar-refractivity contribution in [1.29, 1.82) is 0 Å². The summed E-state index contributed by atoms with van der Waals surface area (Å²) in [6, 6.07) is 12.6. The highest BCUT2D eigenvalue weighted by Crippen LogP contribution is 2.24. The minimum Gasteiger partial charge on any atom is -0.481 e. The molecular formula is C23H30N2O5. The van der Waals surface area contributed by atoms with E-state index in [0.717, 1.165) is 5.56 Å². The van der Waals surface area contributed by atoms with E-state index in [1.807, 2.05) is 25.1 Å². The molecule has 1 atom stereocenters. The number of aryl methyl sites for hydroxylation is 1. The number of hydrogen-bond donors (Lipinski definition) is 2. The molecule has 2 aromatic carbocycles. The topological polar surface area (TPSA) is 85.9 Å². The van der Waals surface area contributed by atoms with Crippen LogP contribution >= 0.6 is 0 Å². The summed E-state index contributed by atoms with van der Waals surface area (Å²) in [5.41, 5.74) is 3.43. The molecule has 0 spiro atoms. The monoisotopic (exact) mass is 414 g/mol. The molecule has 0 aliphatic rings. The van der Waals surface area contributed by atoms with Gasteiger partial charge in [-0.1, -0.05) is 26.0 Å². The van der Waals surface area contributed by atoms with Crippen LogP contribution in [0.2, 0.25) is 0 Å². The van der Waals surface area contributed by atoms with Crippen LogP contribution in [0.3, 0.4) is 0 Å². The Bertz CT molecular complexity index is 866. The fourth-order valence-electron chi connectivity index (χ4n) is 2.92. The highest BCUT2D eigenvalue weighted by molar-refractivity contribution is 5.95. The molecule has 0 bridgehead atoms. The third kappa shape index (κ3) is 7.08. The normalized spacial score (nSPS) is 11.7. The number of rotatable bonds is 9. The van der Waals surface area contributed by atoms with E-state index in [-0.39, 0.29) is 12.5 Å². The van der Waals surface area contributed by atoms with E-state index in [9.17, 15) is 9.59 Å². The second kappa shape index (κ2) is 11.2. The summed E-state index contributed by atoms with van der Waals surface area (Å²) in [5, 5.41) is 5.40. The molecular weight excluding hydrogens is 384 g/mol. The number of carbonyl (C=O) groups is 2. The summed E-state index contributed by atoms with van der Waals surface area (Å²) in [7, 11) is 1.53. The number of hydrogen-bond acceptors (Lipinski definition) is 5. The molecule has 1 unspecified atom stereocenters. The van der Waals surface area contributed by atoms with Gasteiger partial charge in [-0.3, -0.25) is 10.1 Å². The van der Waals surface area contributed by atoms with E-state index < -0.39 is 12.2 Å². The number of anilines is 2. The summed E-state index contributed by atoms with van der Waals surface area (Å²) in [5.74, 6) is 0.784. The Labute approximate surface area is 177 Å². The SMILES string of the molecule is COCCOC(=O)Nc1cccc(NC(=O)C(C)Oc2ccc(C(C)C)c(C)c2)c1. The van der Waals surface area contributed by atoms with Crippen molar-refractivity contribution < 1.29 is 23.8 Å². The third-order valence-electron chi connectivity index (χ3n) is 4.44. The van der Waals surface area contributed by atoms with Crippen molar-refractivity contribution in [2.24, 2.45) is 0 Å². The first-order chi connectivity index (χ1) is 14.3. The first kappa shape index (κ1) is 23.2. The summed E-state index contributed by atoms with van der Waals surface area (Å²) >= 11 is 0. The lowest BCUT2D eigenvalue weighted by molar-refractivity contribution is -0.122. The van der Waals surface area contributed by atoms with Gasteiger partial charge in [0.05, 0.1) is 6.61 Å². The molecule has 0 aliphatic carbocycles. The zero-order valence-electron chi connectivity index (χ0n) is 18.2. The Kier molecular flexibility index (Phi) is 8.68. The molecule has 2 aromatic rings. The van der Waals surface area contributed by atoms with Crippen LogP contribution in [0.1, 0.15) is 37.8 Å². The Hall–Kier alpha value is -3.06. The van der Waals surface area contributed by atoms with Gasteiger partial charge in [0.1, 0.15) is 12.4 Å². The van der Waals surface area contributed by atoms with E-state index in [4.69, 9.17) is 14.2 Å². The van der Waals surface area contributed by atoms with Gasteiger partial charge < -0.3 is 19.5 Å². The molecule has 30 heavy (non-hydrogen) atoms. The van der Waals surface area contributed by atoms with Crippen LogP contribution in [-0.4, -0.2) is 38.4 Å². The zero-order valence-corrected chi connectivity index (χ0v) is 18.2. The maximum atomic E-state index is 12.5. The molecule has 0 saturated heterocycles. The lowest BCUT2D eigenvalue weighted by Gasteiger charge is -2.17. The van der Waals surface area contributed by atoms with Crippen molar-refractivity contribution in [1.82, 2.24) is 0 Å². The molecule has 7 heteroatoms. The van der Waals surface area contributed by atoms with Crippen molar-refractivity contribution in [2.75, 3.05) is 31.0 Å². The zero-order chi connectivity index (χ0) is 22.1. The Morgan fingerprint density at radius 2 is 1.67 bits per heavy atom. The van der Waals surface area contributed by atoms with Crippen LogP contribution < -0.4 is 15.4 Å². The fourth-order valence-corrected chi connectivity index (χ4v) is 2.92. The minimum atomic E-state index is -0.690. The Morgan fingerprint density at radius 3 is 2.30 bits per heavy atom. The van der Waals surface area contributed by atoms with Crippen LogP contribution in [0.5, 0.6) is 5.75 Å². The van der Waals surface area contributed by atoms with Gasteiger partial charge in [-0.05, 0) is 61.2 Å². The van der Waals surface area contributed by atoms with Crippen LogP contribution in [-0.2, 0) is 14.3 Å². The van der Waals surface area contributed by atoms with Crippen molar-refractivity contribution in [3.63, 3.8) is 0 Å². The van der Waals surface area contributed by atoms with E-state index in [1.54, 1.807) is 31.2 Å². The van der Waals surface area contributed by atoms with Gasteiger partial charge in [-0.15, -0.1) is 0 Å². The molecule has 2 amide bonds. The molecule has 0 fully saturated rings. The van der Waals surface area contributed by atoms with Gasteiger partial charge in [0.25, 0.3) is 5.91 Å². The van der Waals surface area contributed by atoms with Gasteiger partial charge in [0.15, 0.2) is 6.10 Å². The average molecular weight is 415 g/mol. The van der Waals surface area contributed by atoms with Gasteiger partial charge in [-0.25, -0.2) is 4.79 Å². The molecule has 0 saturated carbocycles. The second-order valence-electron chi connectivity index (χ2n) is 7.26. The van der Waals surface area contributed by atoms with Crippen molar-refractivity contribution in [3.8, 4) is 5.75 Å². The number of carbonyl (C=O) groups excluding carboxylic acids is 2. The summed E-state index contributed by atoms with van der Waals surface area (Å²) in [6.07, 6.45) is -1.28. The molecule has 0 radical (unpaired) electrons. The van der Waals surface area contributed by atoms with Crippen LogP contribution in [0, 0.1) is 6.92 Å². The lowest BCUT2D eigenvalue weighted by Crippen LogP contribution is -2.30. The van der Waals surface area contributed by atoms with Gasteiger partial charge in [0, 0.05) is 18.5 Å². The molecule has 0 heterocycles. The lowest BCUT2D eigenvalue weighted by atomic mass is 9.98. The number of methoxy groups -OCH3 is 1. The van der Waals surface area contributed by atoms with Crippen LogP contribution in [0.25, 0.3) is 0 Å². The molecule has 0 aliphatic heterocycles. The Balaban J connectivity index is 1.93. The molecule has 7 nitrogen and oxygen atoms in total.